The van der Waals surface area contributed by atoms with Gasteiger partial charge in [0.15, 0.2) is 0 Å². The van der Waals surface area contributed by atoms with Crippen molar-refractivity contribution in [1.29, 1.82) is 0 Å². The van der Waals surface area contributed by atoms with E-state index in [4.69, 9.17) is 11.6 Å². The zero-order valence-electron chi connectivity index (χ0n) is 10.9. The number of benzene rings is 1. The number of fused-ring (bicyclic) bond motifs is 1. The first kappa shape index (κ1) is 13.8. The van der Waals surface area contributed by atoms with Crippen LogP contribution in [0.25, 0.3) is 0 Å². The predicted molar refractivity (Wildman–Crippen MR) is 80.1 cm³/mol. The predicted octanol–water partition coefficient (Wildman–Crippen LogP) is 4.77. The molecule has 104 valence electrons. The monoisotopic (exact) mass is 308 g/mol. The molecule has 4 heteroatoms. The highest BCUT2D eigenvalue weighted by Crippen LogP contribution is 2.36. The molecule has 0 saturated heterocycles. The quantitative estimate of drug-likeness (QED) is 0.798. The first-order valence-electron chi connectivity index (χ1n) is 6.68. The van der Waals surface area contributed by atoms with E-state index in [1.807, 2.05) is 5.38 Å². The molecular weight excluding hydrogens is 295 g/mol. The minimum Gasteiger partial charge on any atom is -0.299 e. The second-order valence-electron chi connectivity index (χ2n) is 5.12. The second-order valence-corrected chi connectivity index (χ2v) is 6.53. The molecule has 20 heavy (non-hydrogen) atoms. The third-order valence-corrected chi connectivity index (χ3v) is 5.18. The topological polar surface area (TPSA) is 17.1 Å². The fourth-order valence-corrected chi connectivity index (χ4v) is 3.98. The first-order chi connectivity index (χ1) is 9.65. The van der Waals surface area contributed by atoms with E-state index in [1.165, 1.54) is 28.6 Å². The summed E-state index contributed by atoms with van der Waals surface area (Å²) in [5, 5.41) is 2.51. The lowest BCUT2D eigenvalue weighted by Gasteiger charge is -2.21. The average molecular weight is 309 g/mol. The Morgan fingerprint density at radius 1 is 1.40 bits per heavy atom. The van der Waals surface area contributed by atoms with Crippen LogP contribution in [0, 0.1) is 5.82 Å². The summed E-state index contributed by atoms with van der Waals surface area (Å²) in [6.07, 6.45) is 3.20. The highest BCUT2D eigenvalue weighted by molar-refractivity contribution is 7.10. The van der Waals surface area contributed by atoms with Crippen LogP contribution in [0.1, 0.15) is 34.8 Å². The molecule has 1 aliphatic carbocycles. The van der Waals surface area contributed by atoms with Gasteiger partial charge in [0.1, 0.15) is 11.6 Å². The molecule has 2 aromatic rings. The van der Waals surface area contributed by atoms with Gasteiger partial charge in [-0.3, -0.25) is 4.79 Å². The lowest BCUT2D eigenvalue weighted by atomic mass is 9.83. The number of thiophene rings is 1. The SMILES string of the molecule is O=C(Cc1cc(F)ccc1Cl)C1CCCc2sccc21. The number of halogens is 2. The van der Waals surface area contributed by atoms with E-state index in [0.717, 1.165) is 19.3 Å². The van der Waals surface area contributed by atoms with Crippen LogP contribution in [-0.2, 0) is 17.6 Å². The van der Waals surface area contributed by atoms with Crippen molar-refractivity contribution in [3.63, 3.8) is 0 Å². The Labute approximate surface area is 126 Å². The molecule has 0 N–H and O–H groups in total. The number of ketones is 1. The Balaban J connectivity index is 1.83. The molecule has 1 nitrogen and oxygen atoms in total. The van der Waals surface area contributed by atoms with Crippen molar-refractivity contribution < 1.29 is 9.18 Å². The van der Waals surface area contributed by atoms with Gasteiger partial charge in [-0.15, -0.1) is 11.3 Å². The van der Waals surface area contributed by atoms with E-state index >= 15 is 0 Å². The maximum atomic E-state index is 13.3. The minimum atomic E-state index is -0.350. The van der Waals surface area contributed by atoms with Crippen LogP contribution in [0.5, 0.6) is 0 Å². The Morgan fingerprint density at radius 3 is 3.10 bits per heavy atom. The molecule has 1 atom stereocenters. The number of hydrogen-bond donors (Lipinski definition) is 0. The van der Waals surface area contributed by atoms with Gasteiger partial charge < -0.3 is 0 Å². The van der Waals surface area contributed by atoms with Crippen LogP contribution in [-0.4, -0.2) is 5.78 Å². The third-order valence-electron chi connectivity index (χ3n) is 3.81. The number of rotatable bonds is 3. The summed E-state index contributed by atoms with van der Waals surface area (Å²) < 4.78 is 13.3. The Kier molecular flexibility index (Phi) is 3.90. The number of carbonyl (C=O) groups is 1. The number of Topliss-reactive ketones (excluding diaryl/α,β-unsaturated/α-hetero) is 1. The minimum absolute atomic E-state index is 0.0515. The van der Waals surface area contributed by atoms with E-state index in [2.05, 4.69) is 6.07 Å². The summed E-state index contributed by atoms with van der Waals surface area (Å²) in [6, 6.07) is 6.23. The maximum absolute atomic E-state index is 13.3. The normalized spacial score (nSPS) is 17.8. The van der Waals surface area contributed by atoms with Crippen molar-refractivity contribution in [2.24, 2.45) is 0 Å². The van der Waals surface area contributed by atoms with Gasteiger partial charge in [-0.05, 0) is 60.0 Å². The summed E-state index contributed by atoms with van der Waals surface area (Å²) in [7, 11) is 0. The first-order valence-corrected chi connectivity index (χ1v) is 7.94. The molecule has 3 rings (SSSR count). The van der Waals surface area contributed by atoms with E-state index in [9.17, 15) is 9.18 Å². The van der Waals surface area contributed by atoms with Crippen molar-refractivity contribution in [2.45, 2.75) is 31.6 Å². The fraction of sp³-hybridized carbons (Fsp3) is 0.312. The maximum Gasteiger partial charge on any atom is 0.144 e. The van der Waals surface area contributed by atoms with Crippen LogP contribution < -0.4 is 0 Å². The lowest BCUT2D eigenvalue weighted by molar-refractivity contribution is -0.120. The van der Waals surface area contributed by atoms with Crippen LogP contribution in [0.2, 0.25) is 5.02 Å². The highest BCUT2D eigenvalue weighted by atomic mass is 35.5. The molecule has 1 aromatic carbocycles. The second kappa shape index (κ2) is 5.66. The van der Waals surface area contributed by atoms with Gasteiger partial charge in [0.2, 0.25) is 0 Å². The average Bonchev–Trinajstić information content (AvgIpc) is 2.91. The molecule has 1 aromatic heterocycles. The third kappa shape index (κ3) is 2.65. The fourth-order valence-electron chi connectivity index (χ4n) is 2.81. The van der Waals surface area contributed by atoms with Gasteiger partial charge in [-0.25, -0.2) is 4.39 Å². The smallest absolute Gasteiger partial charge is 0.144 e. The Hall–Kier alpha value is -1.19. The summed E-state index contributed by atoms with van der Waals surface area (Å²) in [4.78, 5) is 13.8. The van der Waals surface area contributed by atoms with Crippen molar-refractivity contribution in [3.8, 4) is 0 Å². The zero-order valence-corrected chi connectivity index (χ0v) is 12.4. The van der Waals surface area contributed by atoms with Gasteiger partial charge in [0.25, 0.3) is 0 Å². The van der Waals surface area contributed by atoms with Crippen LogP contribution >= 0.6 is 22.9 Å². The molecule has 0 aliphatic heterocycles. The standard InChI is InChI=1S/C16H14ClFOS/c17-14-5-4-11(18)8-10(14)9-15(19)12-2-1-3-16-13(12)6-7-20-16/h4-8,12H,1-3,9H2. The van der Waals surface area contributed by atoms with Crippen molar-refractivity contribution >= 4 is 28.7 Å². The zero-order chi connectivity index (χ0) is 14.1. The summed E-state index contributed by atoms with van der Waals surface area (Å²) >= 11 is 7.76. The van der Waals surface area contributed by atoms with Crippen molar-refractivity contribution in [1.82, 2.24) is 0 Å². The van der Waals surface area contributed by atoms with Crippen LogP contribution in [0.15, 0.2) is 29.6 Å². The molecule has 1 aliphatic rings. The van der Waals surface area contributed by atoms with E-state index in [0.29, 0.717) is 10.6 Å². The number of hydrogen-bond acceptors (Lipinski definition) is 2. The van der Waals surface area contributed by atoms with Crippen LogP contribution in [0.4, 0.5) is 4.39 Å². The summed E-state index contributed by atoms with van der Waals surface area (Å²) in [5.41, 5.74) is 1.75. The molecular formula is C16H14ClFOS. The largest absolute Gasteiger partial charge is 0.299 e. The lowest BCUT2D eigenvalue weighted by Crippen LogP contribution is -2.19. The summed E-state index contributed by atoms with van der Waals surface area (Å²) in [6.45, 7) is 0. The highest BCUT2D eigenvalue weighted by Gasteiger charge is 2.27. The molecule has 0 fully saturated rings. The van der Waals surface area contributed by atoms with Gasteiger partial charge in [-0.2, -0.15) is 0 Å². The van der Waals surface area contributed by atoms with E-state index in [-0.39, 0.29) is 23.9 Å². The van der Waals surface area contributed by atoms with Gasteiger partial charge in [-0.1, -0.05) is 11.6 Å². The number of carbonyl (C=O) groups excluding carboxylic acids is 1. The molecule has 1 heterocycles. The summed E-state index contributed by atoms with van der Waals surface area (Å²) in [5.74, 6) is -0.266. The van der Waals surface area contributed by atoms with Gasteiger partial charge in [0.05, 0.1) is 0 Å². The van der Waals surface area contributed by atoms with E-state index < -0.39 is 0 Å². The van der Waals surface area contributed by atoms with Gasteiger partial charge >= 0.3 is 0 Å². The van der Waals surface area contributed by atoms with E-state index in [1.54, 1.807) is 11.3 Å². The Morgan fingerprint density at radius 2 is 2.25 bits per heavy atom. The molecule has 0 bridgehead atoms. The molecule has 0 radical (unpaired) electrons. The number of aryl methyl sites for hydroxylation is 1. The van der Waals surface area contributed by atoms with Crippen LogP contribution in [0.3, 0.4) is 0 Å². The Bertz CT molecular complexity index is 650. The molecule has 0 spiro atoms. The molecule has 0 saturated carbocycles. The van der Waals surface area contributed by atoms with Crippen molar-refractivity contribution in [3.05, 3.63) is 56.5 Å². The molecule has 0 amide bonds. The van der Waals surface area contributed by atoms with Crippen molar-refractivity contribution in [2.75, 3.05) is 0 Å². The molecule has 1 unspecified atom stereocenters. The van der Waals surface area contributed by atoms with Gasteiger partial charge in [0, 0.05) is 22.2 Å².